The van der Waals surface area contributed by atoms with Gasteiger partial charge in [-0.15, -0.1) is 0 Å². The molecule has 114 valence electrons. The maximum atomic E-state index is 3.92. The lowest BCUT2D eigenvalue weighted by Gasteiger charge is -2.35. The molecule has 0 amide bonds. The molecule has 2 unspecified atom stereocenters. The first kappa shape index (κ1) is 15.3. The zero-order valence-corrected chi connectivity index (χ0v) is 13.5. The van der Waals surface area contributed by atoms with Gasteiger partial charge in [0.05, 0.1) is 0 Å². The van der Waals surface area contributed by atoms with Gasteiger partial charge in [-0.1, -0.05) is 111 Å². The minimum atomic E-state index is -0.107. The van der Waals surface area contributed by atoms with Gasteiger partial charge in [-0.25, -0.2) is 0 Å². The Kier molecular flexibility index (Phi) is 4.43. The van der Waals surface area contributed by atoms with Crippen molar-refractivity contribution in [2.24, 2.45) is 5.92 Å². The third kappa shape index (κ3) is 2.98. The number of allylic oxidation sites excluding steroid dienone is 5. The van der Waals surface area contributed by atoms with Crippen LogP contribution in [-0.2, 0) is 5.41 Å². The van der Waals surface area contributed by atoms with Crippen LogP contribution in [0, 0.1) is 5.92 Å². The highest BCUT2D eigenvalue weighted by Crippen LogP contribution is 2.39. The molecule has 0 aromatic heterocycles. The van der Waals surface area contributed by atoms with Gasteiger partial charge in [0.2, 0.25) is 0 Å². The molecule has 0 saturated heterocycles. The van der Waals surface area contributed by atoms with Crippen molar-refractivity contribution in [3.8, 4) is 0 Å². The van der Waals surface area contributed by atoms with Gasteiger partial charge in [0, 0.05) is 5.41 Å². The van der Waals surface area contributed by atoms with Crippen molar-refractivity contribution in [2.75, 3.05) is 0 Å². The smallest absolute Gasteiger partial charge is 0.0378 e. The van der Waals surface area contributed by atoms with Gasteiger partial charge in [0.1, 0.15) is 0 Å². The van der Waals surface area contributed by atoms with Crippen LogP contribution in [0.1, 0.15) is 23.6 Å². The van der Waals surface area contributed by atoms with E-state index >= 15 is 0 Å². The lowest BCUT2D eigenvalue weighted by atomic mass is 9.68. The molecule has 0 bridgehead atoms. The van der Waals surface area contributed by atoms with Crippen LogP contribution in [0.5, 0.6) is 0 Å². The molecule has 0 heterocycles. The fourth-order valence-corrected chi connectivity index (χ4v) is 3.22. The zero-order chi connectivity index (χ0) is 16.1. The van der Waals surface area contributed by atoms with Crippen molar-refractivity contribution in [3.05, 3.63) is 108 Å². The molecule has 0 spiro atoms. The average molecular weight is 298 g/mol. The molecule has 3 rings (SSSR count). The second kappa shape index (κ2) is 6.66. The van der Waals surface area contributed by atoms with E-state index in [0.29, 0.717) is 5.92 Å². The minimum absolute atomic E-state index is 0.107. The Morgan fingerprint density at radius 2 is 1.61 bits per heavy atom. The summed E-state index contributed by atoms with van der Waals surface area (Å²) in [5.74, 6) is 0.405. The fourth-order valence-electron chi connectivity index (χ4n) is 3.22. The topological polar surface area (TPSA) is 0 Å². The predicted molar refractivity (Wildman–Crippen MR) is 101 cm³/mol. The van der Waals surface area contributed by atoms with Gasteiger partial charge in [-0.3, -0.25) is 0 Å². The highest BCUT2D eigenvalue weighted by molar-refractivity contribution is 5.66. The van der Waals surface area contributed by atoms with Crippen LogP contribution in [0.2, 0.25) is 0 Å². The third-order valence-electron chi connectivity index (χ3n) is 4.66. The summed E-state index contributed by atoms with van der Waals surface area (Å²) in [6.07, 6.45) is 15.3. The molecule has 2 atom stereocenters. The SMILES string of the molecule is C=Cc1ccccc1C=CC1(c2ccccc2)C=CC=CC1C. The molecule has 1 aliphatic carbocycles. The summed E-state index contributed by atoms with van der Waals surface area (Å²) < 4.78 is 0. The van der Waals surface area contributed by atoms with E-state index in [1.54, 1.807) is 0 Å². The van der Waals surface area contributed by atoms with Crippen LogP contribution < -0.4 is 0 Å². The Balaban J connectivity index is 2.07. The van der Waals surface area contributed by atoms with Crippen LogP contribution >= 0.6 is 0 Å². The molecule has 23 heavy (non-hydrogen) atoms. The highest BCUT2D eigenvalue weighted by atomic mass is 14.3. The molecule has 0 fully saturated rings. The largest absolute Gasteiger partial charge is 0.0984 e. The number of hydrogen-bond donors (Lipinski definition) is 0. The molecule has 2 aromatic rings. The lowest BCUT2D eigenvalue weighted by Crippen LogP contribution is -2.29. The monoisotopic (exact) mass is 298 g/mol. The van der Waals surface area contributed by atoms with E-state index in [0.717, 1.165) is 5.56 Å². The average Bonchev–Trinajstić information content (AvgIpc) is 2.62. The third-order valence-corrected chi connectivity index (χ3v) is 4.66. The van der Waals surface area contributed by atoms with Gasteiger partial charge in [-0.2, -0.15) is 0 Å². The van der Waals surface area contributed by atoms with Crippen molar-refractivity contribution in [3.63, 3.8) is 0 Å². The molecule has 0 nitrogen and oxygen atoms in total. The Hall–Kier alpha value is -2.60. The van der Waals surface area contributed by atoms with Gasteiger partial charge in [0.25, 0.3) is 0 Å². The van der Waals surface area contributed by atoms with Crippen LogP contribution in [0.15, 0.2) is 91.6 Å². The van der Waals surface area contributed by atoms with Crippen molar-refractivity contribution in [1.29, 1.82) is 0 Å². The molecule has 0 radical (unpaired) electrons. The summed E-state index contributed by atoms with van der Waals surface area (Å²) in [5, 5.41) is 0. The van der Waals surface area contributed by atoms with Gasteiger partial charge < -0.3 is 0 Å². The standard InChI is InChI=1S/C23H22/c1-3-20-12-7-8-13-21(20)16-18-23(17-10-9-11-19(23)2)22-14-5-4-6-15-22/h3-19H,1H2,2H3. The van der Waals surface area contributed by atoms with Crippen LogP contribution in [-0.4, -0.2) is 0 Å². The van der Waals surface area contributed by atoms with Gasteiger partial charge in [0.15, 0.2) is 0 Å². The molecule has 1 aliphatic rings. The van der Waals surface area contributed by atoms with Crippen molar-refractivity contribution in [1.82, 2.24) is 0 Å². The van der Waals surface area contributed by atoms with Crippen LogP contribution in [0.25, 0.3) is 12.2 Å². The molecule has 0 N–H and O–H groups in total. The Labute approximate surface area is 139 Å². The molecule has 0 aliphatic heterocycles. The van der Waals surface area contributed by atoms with Gasteiger partial charge >= 0.3 is 0 Å². The Bertz CT molecular complexity index is 762. The van der Waals surface area contributed by atoms with Crippen LogP contribution in [0.4, 0.5) is 0 Å². The summed E-state index contributed by atoms with van der Waals surface area (Å²) in [6, 6.07) is 19.1. The molecular formula is C23H22. The number of rotatable bonds is 4. The van der Waals surface area contributed by atoms with Crippen LogP contribution in [0.3, 0.4) is 0 Å². The van der Waals surface area contributed by atoms with E-state index in [-0.39, 0.29) is 5.41 Å². The lowest BCUT2D eigenvalue weighted by molar-refractivity contribution is 0.513. The molecule has 0 saturated carbocycles. The second-order valence-electron chi connectivity index (χ2n) is 6.00. The van der Waals surface area contributed by atoms with E-state index in [1.807, 2.05) is 12.1 Å². The van der Waals surface area contributed by atoms with Crippen molar-refractivity contribution in [2.45, 2.75) is 12.3 Å². The van der Waals surface area contributed by atoms with Crippen molar-refractivity contribution >= 4 is 12.2 Å². The Morgan fingerprint density at radius 3 is 2.30 bits per heavy atom. The van der Waals surface area contributed by atoms with E-state index in [1.165, 1.54) is 11.1 Å². The maximum absolute atomic E-state index is 3.92. The quantitative estimate of drug-likeness (QED) is 0.645. The van der Waals surface area contributed by atoms with Crippen molar-refractivity contribution < 1.29 is 0 Å². The fraction of sp³-hybridized carbons (Fsp3) is 0.130. The number of benzene rings is 2. The summed E-state index contributed by atoms with van der Waals surface area (Å²) in [4.78, 5) is 0. The highest BCUT2D eigenvalue weighted by Gasteiger charge is 2.32. The second-order valence-corrected chi connectivity index (χ2v) is 6.00. The number of hydrogen-bond acceptors (Lipinski definition) is 0. The first-order chi connectivity index (χ1) is 11.3. The first-order valence-electron chi connectivity index (χ1n) is 8.08. The maximum Gasteiger partial charge on any atom is 0.0378 e. The minimum Gasteiger partial charge on any atom is -0.0984 e. The summed E-state index contributed by atoms with van der Waals surface area (Å²) in [6.45, 7) is 6.19. The molecule has 0 heteroatoms. The van der Waals surface area contributed by atoms with E-state index < -0.39 is 0 Å². The summed E-state index contributed by atoms with van der Waals surface area (Å²) in [7, 11) is 0. The van der Waals surface area contributed by atoms with Gasteiger partial charge in [-0.05, 0) is 22.6 Å². The normalized spacial score (nSPS) is 23.3. The van der Waals surface area contributed by atoms with E-state index in [9.17, 15) is 0 Å². The zero-order valence-electron chi connectivity index (χ0n) is 13.5. The summed E-state index contributed by atoms with van der Waals surface area (Å²) >= 11 is 0. The van der Waals surface area contributed by atoms with E-state index in [2.05, 4.69) is 98.5 Å². The summed E-state index contributed by atoms with van der Waals surface area (Å²) in [5.41, 5.74) is 3.58. The Morgan fingerprint density at radius 1 is 0.913 bits per heavy atom. The van der Waals surface area contributed by atoms with E-state index in [4.69, 9.17) is 0 Å². The molecular weight excluding hydrogens is 276 g/mol. The molecule has 2 aromatic carbocycles. The predicted octanol–water partition coefficient (Wildman–Crippen LogP) is 6.04. The first-order valence-corrected chi connectivity index (χ1v) is 8.08.